The second-order valence-corrected chi connectivity index (χ2v) is 11.0. The maximum absolute atomic E-state index is 12.5. The SMILES string of the molecule is COc1ccc(N2CCN(c3nc(SCc4ccc(C(=O)NC[C@@H]5CCCO5)cc4)nc(C)c3C)CC2)cc1. The van der Waals surface area contributed by atoms with Crippen LogP contribution in [0.3, 0.4) is 0 Å². The molecule has 0 spiro atoms. The fourth-order valence-corrected chi connectivity index (χ4v) is 5.79. The molecule has 1 amide bonds. The van der Waals surface area contributed by atoms with E-state index in [0.29, 0.717) is 12.1 Å². The number of rotatable bonds is 9. The summed E-state index contributed by atoms with van der Waals surface area (Å²) in [4.78, 5) is 27.0. The van der Waals surface area contributed by atoms with Gasteiger partial charge in [0.2, 0.25) is 0 Å². The molecule has 1 N–H and O–H groups in total. The first-order valence-corrected chi connectivity index (χ1v) is 14.6. The Kier molecular flexibility index (Phi) is 8.88. The number of aromatic nitrogens is 2. The van der Waals surface area contributed by atoms with E-state index in [1.807, 2.05) is 36.4 Å². The monoisotopic (exact) mass is 547 g/mol. The smallest absolute Gasteiger partial charge is 0.251 e. The molecule has 0 aliphatic carbocycles. The van der Waals surface area contributed by atoms with E-state index in [1.165, 1.54) is 5.69 Å². The van der Waals surface area contributed by atoms with Gasteiger partial charge in [-0.05, 0) is 68.7 Å². The van der Waals surface area contributed by atoms with Crippen LogP contribution in [0.5, 0.6) is 5.75 Å². The van der Waals surface area contributed by atoms with Crippen LogP contribution in [0.1, 0.15) is 40.0 Å². The van der Waals surface area contributed by atoms with Gasteiger partial charge in [-0.25, -0.2) is 9.97 Å². The van der Waals surface area contributed by atoms with Crippen LogP contribution in [0.2, 0.25) is 0 Å². The van der Waals surface area contributed by atoms with Gasteiger partial charge in [-0.15, -0.1) is 0 Å². The van der Waals surface area contributed by atoms with E-state index in [1.54, 1.807) is 18.9 Å². The summed E-state index contributed by atoms with van der Waals surface area (Å²) < 4.78 is 10.9. The number of methoxy groups -OCH3 is 1. The number of hydrogen-bond acceptors (Lipinski definition) is 8. The summed E-state index contributed by atoms with van der Waals surface area (Å²) in [6, 6.07) is 16.0. The van der Waals surface area contributed by atoms with Crippen molar-refractivity contribution in [1.82, 2.24) is 15.3 Å². The number of nitrogens with one attached hydrogen (secondary N) is 1. The van der Waals surface area contributed by atoms with E-state index >= 15 is 0 Å². The first-order chi connectivity index (χ1) is 19.0. The largest absolute Gasteiger partial charge is 0.497 e. The Morgan fingerprint density at radius 1 is 1.03 bits per heavy atom. The van der Waals surface area contributed by atoms with Gasteiger partial charge < -0.3 is 24.6 Å². The Morgan fingerprint density at radius 2 is 1.74 bits per heavy atom. The van der Waals surface area contributed by atoms with Gasteiger partial charge in [-0.1, -0.05) is 23.9 Å². The highest BCUT2D eigenvalue weighted by Gasteiger charge is 2.22. The summed E-state index contributed by atoms with van der Waals surface area (Å²) in [5, 5.41) is 3.76. The molecule has 9 heteroatoms. The zero-order valence-corrected chi connectivity index (χ0v) is 23.8. The third kappa shape index (κ3) is 6.83. The quantitative estimate of drug-likeness (QED) is 0.307. The number of hydrogen-bond donors (Lipinski definition) is 1. The van der Waals surface area contributed by atoms with E-state index in [9.17, 15) is 4.79 Å². The van der Waals surface area contributed by atoms with Crippen molar-refractivity contribution in [3.63, 3.8) is 0 Å². The number of benzene rings is 2. The van der Waals surface area contributed by atoms with Crippen LogP contribution in [0.4, 0.5) is 11.5 Å². The lowest BCUT2D eigenvalue weighted by atomic mass is 10.1. The van der Waals surface area contributed by atoms with Crippen molar-refractivity contribution < 1.29 is 14.3 Å². The average molecular weight is 548 g/mol. The fourth-order valence-electron chi connectivity index (χ4n) is 4.94. The third-order valence-electron chi connectivity index (χ3n) is 7.46. The average Bonchev–Trinajstić information content (AvgIpc) is 3.51. The standard InChI is InChI=1S/C30H37N5O3S/c1-21-22(2)32-30(33-28(21)35-16-14-34(15-17-35)25-10-12-26(37-3)13-11-25)39-20-23-6-8-24(9-7-23)29(36)31-19-27-5-4-18-38-27/h6-13,27H,4-5,14-20H2,1-3H3,(H,31,36)/t27-/m0/s1. The Morgan fingerprint density at radius 3 is 2.41 bits per heavy atom. The summed E-state index contributed by atoms with van der Waals surface area (Å²) in [7, 11) is 1.69. The van der Waals surface area contributed by atoms with Crippen LogP contribution >= 0.6 is 11.8 Å². The van der Waals surface area contributed by atoms with Crippen molar-refractivity contribution in [1.29, 1.82) is 0 Å². The number of anilines is 2. The van der Waals surface area contributed by atoms with Crippen molar-refractivity contribution in [2.75, 3.05) is 56.2 Å². The second-order valence-electron chi connectivity index (χ2n) is 10.0. The van der Waals surface area contributed by atoms with Crippen LogP contribution < -0.4 is 19.9 Å². The Balaban J connectivity index is 1.16. The van der Waals surface area contributed by atoms with Crippen LogP contribution in [0.15, 0.2) is 53.7 Å². The molecule has 8 nitrogen and oxygen atoms in total. The van der Waals surface area contributed by atoms with Crippen molar-refractivity contribution >= 4 is 29.2 Å². The molecule has 1 atom stereocenters. The summed E-state index contributed by atoms with van der Waals surface area (Å²) >= 11 is 1.63. The van der Waals surface area contributed by atoms with Gasteiger partial charge in [0.15, 0.2) is 5.16 Å². The minimum absolute atomic E-state index is 0.0566. The fraction of sp³-hybridized carbons (Fsp3) is 0.433. The molecular weight excluding hydrogens is 510 g/mol. The van der Waals surface area contributed by atoms with Crippen LogP contribution in [-0.4, -0.2) is 68.4 Å². The summed E-state index contributed by atoms with van der Waals surface area (Å²) in [5.41, 5.74) is 5.16. The number of carbonyl (C=O) groups is 1. The molecule has 2 saturated heterocycles. The number of piperazine rings is 1. The molecule has 2 aromatic carbocycles. The van der Waals surface area contributed by atoms with Crippen molar-refractivity contribution in [3.8, 4) is 5.75 Å². The Hall–Kier alpha value is -3.30. The van der Waals surface area contributed by atoms with Crippen molar-refractivity contribution in [2.45, 2.75) is 43.7 Å². The predicted molar refractivity (Wildman–Crippen MR) is 156 cm³/mol. The van der Waals surface area contributed by atoms with E-state index in [-0.39, 0.29) is 12.0 Å². The molecule has 39 heavy (non-hydrogen) atoms. The Labute approximate surface area is 235 Å². The molecule has 2 aliphatic rings. The van der Waals surface area contributed by atoms with Crippen molar-refractivity contribution in [2.24, 2.45) is 0 Å². The lowest BCUT2D eigenvalue weighted by molar-refractivity contribution is 0.0858. The van der Waals surface area contributed by atoms with Gasteiger partial charge in [0.05, 0.1) is 13.2 Å². The topological polar surface area (TPSA) is 79.8 Å². The van der Waals surface area contributed by atoms with Gasteiger partial charge >= 0.3 is 0 Å². The van der Waals surface area contributed by atoms with E-state index in [0.717, 1.165) is 84.9 Å². The van der Waals surface area contributed by atoms with E-state index in [4.69, 9.17) is 19.4 Å². The number of thioether (sulfide) groups is 1. The van der Waals surface area contributed by atoms with Crippen LogP contribution in [0.25, 0.3) is 0 Å². The number of nitrogens with zero attached hydrogens (tertiary/aromatic N) is 4. The molecule has 2 aliphatic heterocycles. The maximum Gasteiger partial charge on any atom is 0.251 e. The highest BCUT2D eigenvalue weighted by atomic mass is 32.2. The zero-order valence-electron chi connectivity index (χ0n) is 23.0. The summed E-state index contributed by atoms with van der Waals surface area (Å²) in [6.45, 7) is 9.21. The molecule has 1 aromatic heterocycles. The molecule has 5 rings (SSSR count). The number of aryl methyl sites for hydroxylation is 1. The van der Waals surface area contributed by atoms with Crippen LogP contribution in [0, 0.1) is 13.8 Å². The molecule has 2 fully saturated rings. The molecule has 3 aromatic rings. The molecule has 206 valence electrons. The van der Waals surface area contributed by atoms with Gasteiger partial charge in [0, 0.05) is 67.6 Å². The molecule has 3 heterocycles. The first kappa shape index (κ1) is 27.3. The normalized spacial score (nSPS) is 17.4. The van der Waals surface area contributed by atoms with Gasteiger partial charge in [-0.2, -0.15) is 0 Å². The summed E-state index contributed by atoms with van der Waals surface area (Å²) in [5.74, 6) is 2.59. The predicted octanol–water partition coefficient (Wildman–Crippen LogP) is 4.63. The van der Waals surface area contributed by atoms with Crippen molar-refractivity contribution in [3.05, 3.63) is 70.9 Å². The Bertz CT molecular complexity index is 1250. The first-order valence-electron chi connectivity index (χ1n) is 13.6. The third-order valence-corrected chi connectivity index (χ3v) is 8.38. The molecule has 0 bridgehead atoms. The number of amides is 1. The van der Waals surface area contributed by atoms with E-state index < -0.39 is 0 Å². The number of carbonyl (C=O) groups excluding carboxylic acids is 1. The maximum atomic E-state index is 12.5. The molecule has 0 radical (unpaired) electrons. The second kappa shape index (κ2) is 12.7. The lowest BCUT2D eigenvalue weighted by Crippen LogP contribution is -2.47. The molecular formula is C30H37N5O3S. The minimum Gasteiger partial charge on any atom is -0.497 e. The zero-order chi connectivity index (χ0) is 27.2. The van der Waals surface area contributed by atoms with Gasteiger partial charge in [0.25, 0.3) is 5.91 Å². The van der Waals surface area contributed by atoms with Gasteiger partial charge in [-0.3, -0.25) is 4.79 Å². The minimum atomic E-state index is -0.0566. The summed E-state index contributed by atoms with van der Waals surface area (Å²) in [6.07, 6.45) is 2.23. The highest BCUT2D eigenvalue weighted by Crippen LogP contribution is 2.28. The lowest BCUT2D eigenvalue weighted by Gasteiger charge is -2.37. The van der Waals surface area contributed by atoms with Crippen LogP contribution in [-0.2, 0) is 10.5 Å². The molecule has 0 saturated carbocycles. The van der Waals surface area contributed by atoms with E-state index in [2.05, 4.69) is 41.1 Å². The highest BCUT2D eigenvalue weighted by molar-refractivity contribution is 7.98. The number of ether oxygens (including phenoxy) is 2. The molecule has 0 unspecified atom stereocenters. The van der Waals surface area contributed by atoms with Gasteiger partial charge in [0.1, 0.15) is 11.6 Å².